The van der Waals surface area contributed by atoms with Crippen LogP contribution in [-0.4, -0.2) is 39.6 Å². The summed E-state index contributed by atoms with van der Waals surface area (Å²) in [6, 6.07) is 8.73. The third-order valence-electron chi connectivity index (χ3n) is 5.41. The van der Waals surface area contributed by atoms with Gasteiger partial charge in [-0.15, -0.1) is 0 Å². The van der Waals surface area contributed by atoms with E-state index < -0.39 is 10.0 Å². The number of sulfonamides is 1. The van der Waals surface area contributed by atoms with Crippen LogP contribution in [0.3, 0.4) is 0 Å². The van der Waals surface area contributed by atoms with E-state index in [9.17, 15) is 8.42 Å². The molecule has 160 valence electrons. The van der Waals surface area contributed by atoms with Crippen molar-refractivity contribution in [2.45, 2.75) is 51.5 Å². The number of ether oxygens (including phenoxy) is 1. The molecule has 3 rings (SSSR count). The van der Waals surface area contributed by atoms with Crippen molar-refractivity contribution in [2.75, 3.05) is 26.2 Å². The molecule has 0 atom stereocenters. The number of hydrogen-bond donors (Lipinski definition) is 1. The third kappa shape index (κ3) is 6.07. The first kappa shape index (κ1) is 21.9. The van der Waals surface area contributed by atoms with Crippen LogP contribution in [0.4, 0.5) is 0 Å². The molecule has 0 amide bonds. The minimum Gasteiger partial charge on any atom is -0.494 e. The summed E-state index contributed by atoms with van der Waals surface area (Å²) in [4.78, 5) is 2.70. The molecule has 7 heteroatoms. The smallest absolute Gasteiger partial charge is 0.240 e. The van der Waals surface area contributed by atoms with E-state index in [1.807, 2.05) is 20.8 Å². The average molecular weight is 421 g/mol. The molecule has 1 N–H and O–H groups in total. The fourth-order valence-corrected chi connectivity index (χ4v) is 4.79. The van der Waals surface area contributed by atoms with Crippen LogP contribution in [-0.2, 0) is 16.6 Å². The van der Waals surface area contributed by atoms with Gasteiger partial charge in [0.2, 0.25) is 10.0 Å². The van der Waals surface area contributed by atoms with Gasteiger partial charge in [0.05, 0.1) is 11.5 Å². The van der Waals surface area contributed by atoms with Crippen molar-refractivity contribution in [1.29, 1.82) is 0 Å². The van der Waals surface area contributed by atoms with Gasteiger partial charge in [0.25, 0.3) is 0 Å². The Morgan fingerprint density at radius 1 is 1.17 bits per heavy atom. The third-order valence-corrected chi connectivity index (χ3v) is 6.85. The maximum absolute atomic E-state index is 12.6. The number of likely N-dealkylation sites (tertiary alicyclic amines) is 1. The molecule has 0 aliphatic carbocycles. The van der Waals surface area contributed by atoms with Crippen LogP contribution >= 0.6 is 0 Å². The number of benzene rings is 1. The molecule has 1 fully saturated rings. The standard InChI is InChI=1S/C22H32N2O4S/c1-4-13-27-21-5-7-22(8-6-21)29(25,26)23-15-19-9-11-24(12-10-19)16-20-14-17(2)28-18(20)3/h5-8,14,19,23H,4,9-13,15-16H2,1-3H3. The molecule has 1 aromatic heterocycles. The number of rotatable bonds is 9. The Bertz CT molecular complexity index is 882. The monoisotopic (exact) mass is 420 g/mol. The molecule has 1 saturated heterocycles. The normalized spacial score (nSPS) is 16.2. The van der Waals surface area contributed by atoms with E-state index in [1.165, 1.54) is 5.56 Å². The molecule has 2 heterocycles. The Morgan fingerprint density at radius 2 is 1.86 bits per heavy atom. The molecule has 29 heavy (non-hydrogen) atoms. The number of nitrogens with zero attached hydrogens (tertiary/aromatic N) is 1. The molecule has 0 unspecified atom stereocenters. The minimum absolute atomic E-state index is 0.282. The van der Waals surface area contributed by atoms with E-state index in [0.29, 0.717) is 24.8 Å². The van der Waals surface area contributed by atoms with Gasteiger partial charge in [-0.05, 0) is 82.4 Å². The maximum Gasteiger partial charge on any atom is 0.240 e. The van der Waals surface area contributed by atoms with Crippen molar-refractivity contribution in [2.24, 2.45) is 5.92 Å². The zero-order valence-corrected chi connectivity index (χ0v) is 18.4. The quantitative estimate of drug-likeness (QED) is 0.667. The van der Waals surface area contributed by atoms with Gasteiger partial charge >= 0.3 is 0 Å². The Balaban J connectivity index is 1.46. The summed E-state index contributed by atoms with van der Waals surface area (Å²) in [6.45, 7) is 9.96. The zero-order valence-electron chi connectivity index (χ0n) is 17.6. The van der Waals surface area contributed by atoms with Crippen LogP contribution in [0.15, 0.2) is 39.6 Å². The van der Waals surface area contributed by atoms with Gasteiger partial charge in [-0.1, -0.05) is 6.92 Å². The topological polar surface area (TPSA) is 71.8 Å². The van der Waals surface area contributed by atoms with Crippen LogP contribution in [0.2, 0.25) is 0 Å². The summed E-state index contributed by atoms with van der Waals surface area (Å²) in [6.07, 6.45) is 2.89. The van der Waals surface area contributed by atoms with Crippen molar-refractivity contribution in [3.8, 4) is 5.75 Å². The van der Waals surface area contributed by atoms with Crippen LogP contribution < -0.4 is 9.46 Å². The molecule has 2 aromatic rings. The van der Waals surface area contributed by atoms with Gasteiger partial charge in [0.15, 0.2) is 0 Å². The SMILES string of the molecule is CCCOc1ccc(S(=O)(=O)NCC2CCN(Cc3cc(C)oc3C)CC2)cc1. The summed E-state index contributed by atoms with van der Waals surface area (Å²) in [5.41, 5.74) is 1.24. The first-order valence-corrected chi connectivity index (χ1v) is 11.9. The first-order chi connectivity index (χ1) is 13.9. The van der Waals surface area contributed by atoms with Gasteiger partial charge in [-0.3, -0.25) is 4.90 Å². The number of nitrogens with one attached hydrogen (secondary N) is 1. The molecular formula is C22H32N2O4S. The lowest BCUT2D eigenvalue weighted by molar-refractivity contribution is 0.178. The maximum atomic E-state index is 12.6. The molecule has 0 saturated carbocycles. The highest BCUT2D eigenvalue weighted by molar-refractivity contribution is 7.89. The van der Waals surface area contributed by atoms with Gasteiger partial charge in [0, 0.05) is 18.7 Å². The van der Waals surface area contributed by atoms with E-state index in [2.05, 4.69) is 15.7 Å². The Labute approximate surface area is 174 Å². The summed E-state index contributed by atoms with van der Waals surface area (Å²) < 4.78 is 39.1. The Morgan fingerprint density at radius 3 is 2.45 bits per heavy atom. The van der Waals surface area contributed by atoms with Gasteiger partial charge < -0.3 is 9.15 Å². The highest BCUT2D eigenvalue weighted by Crippen LogP contribution is 2.22. The predicted molar refractivity (Wildman–Crippen MR) is 114 cm³/mol. The second-order valence-corrected chi connectivity index (χ2v) is 9.60. The average Bonchev–Trinajstić information content (AvgIpc) is 3.03. The molecule has 1 aliphatic rings. The summed E-state index contributed by atoms with van der Waals surface area (Å²) in [5.74, 6) is 3.00. The van der Waals surface area contributed by atoms with Crippen molar-refractivity contribution in [3.05, 3.63) is 47.4 Å². The van der Waals surface area contributed by atoms with Crippen molar-refractivity contribution in [1.82, 2.24) is 9.62 Å². The lowest BCUT2D eigenvalue weighted by Gasteiger charge is -2.31. The number of hydrogen-bond acceptors (Lipinski definition) is 5. The number of furan rings is 1. The van der Waals surface area contributed by atoms with E-state index in [0.717, 1.165) is 50.4 Å². The van der Waals surface area contributed by atoms with Gasteiger partial charge in [0.1, 0.15) is 17.3 Å². The van der Waals surface area contributed by atoms with E-state index in [-0.39, 0.29) is 4.90 Å². The Kier molecular flexibility index (Phi) is 7.38. The van der Waals surface area contributed by atoms with E-state index in [1.54, 1.807) is 24.3 Å². The zero-order chi connectivity index (χ0) is 20.9. The van der Waals surface area contributed by atoms with Gasteiger partial charge in [-0.2, -0.15) is 0 Å². The van der Waals surface area contributed by atoms with Crippen LogP contribution in [0.5, 0.6) is 5.75 Å². The summed E-state index contributed by atoms with van der Waals surface area (Å²) >= 11 is 0. The Hall–Kier alpha value is -1.83. The molecular weight excluding hydrogens is 388 g/mol. The van der Waals surface area contributed by atoms with Crippen LogP contribution in [0.1, 0.15) is 43.3 Å². The molecule has 1 aliphatic heterocycles. The molecule has 0 radical (unpaired) electrons. The largest absolute Gasteiger partial charge is 0.494 e. The molecule has 0 spiro atoms. The summed E-state index contributed by atoms with van der Waals surface area (Å²) in [5, 5.41) is 0. The molecule has 0 bridgehead atoms. The van der Waals surface area contributed by atoms with Crippen molar-refractivity contribution in [3.63, 3.8) is 0 Å². The van der Waals surface area contributed by atoms with Crippen LogP contribution in [0, 0.1) is 19.8 Å². The highest BCUT2D eigenvalue weighted by atomic mass is 32.2. The minimum atomic E-state index is -3.49. The fraction of sp³-hybridized carbons (Fsp3) is 0.545. The first-order valence-electron chi connectivity index (χ1n) is 10.4. The fourth-order valence-electron chi connectivity index (χ4n) is 3.68. The lowest BCUT2D eigenvalue weighted by Crippen LogP contribution is -2.38. The van der Waals surface area contributed by atoms with E-state index >= 15 is 0 Å². The number of piperidine rings is 1. The lowest BCUT2D eigenvalue weighted by atomic mass is 9.97. The van der Waals surface area contributed by atoms with E-state index in [4.69, 9.17) is 9.15 Å². The highest BCUT2D eigenvalue weighted by Gasteiger charge is 2.23. The van der Waals surface area contributed by atoms with Crippen molar-refractivity contribution >= 4 is 10.0 Å². The second-order valence-electron chi connectivity index (χ2n) is 7.83. The second kappa shape index (κ2) is 9.78. The predicted octanol–water partition coefficient (Wildman–Crippen LogP) is 3.88. The van der Waals surface area contributed by atoms with Gasteiger partial charge in [-0.25, -0.2) is 13.1 Å². The van der Waals surface area contributed by atoms with Crippen molar-refractivity contribution < 1.29 is 17.6 Å². The molecule has 1 aromatic carbocycles. The summed E-state index contributed by atoms with van der Waals surface area (Å²) in [7, 11) is -3.49. The molecule has 6 nitrogen and oxygen atoms in total. The van der Waals surface area contributed by atoms with Crippen LogP contribution in [0.25, 0.3) is 0 Å². The number of aryl methyl sites for hydroxylation is 2.